The van der Waals surface area contributed by atoms with Crippen LogP contribution in [-0.2, 0) is 17.1 Å². The summed E-state index contributed by atoms with van der Waals surface area (Å²) in [6.45, 7) is 2.57. The van der Waals surface area contributed by atoms with Crippen LogP contribution in [0.3, 0.4) is 0 Å². The number of carbonyl (C=O) groups excluding carboxylic acids is 1. The summed E-state index contributed by atoms with van der Waals surface area (Å²) < 4.78 is 2.61. The Kier molecular flexibility index (Phi) is 5.55. The number of fused-ring (bicyclic) bond motifs is 1. The van der Waals surface area contributed by atoms with Crippen molar-refractivity contribution < 1.29 is 4.79 Å². The van der Waals surface area contributed by atoms with Gasteiger partial charge in [-0.2, -0.15) is 11.8 Å². The van der Waals surface area contributed by atoms with Gasteiger partial charge < -0.3 is 5.32 Å². The highest BCUT2D eigenvalue weighted by molar-refractivity contribution is 7.98. The van der Waals surface area contributed by atoms with Crippen LogP contribution in [0.1, 0.15) is 11.1 Å². The van der Waals surface area contributed by atoms with Gasteiger partial charge in [0.25, 0.3) is 0 Å². The van der Waals surface area contributed by atoms with Crippen molar-refractivity contribution in [3.05, 3.63) is 70.3 Å². The standard InChI is InChI=1S/C18H20N4O2S/c1-14-5-7-15(8-6-14)13-25-11-9-19-17(23)12-22-18(24)21-10-3-2-4-16(21)20-22/h2-8,10H,9,11-13H2,1H3,(H,19,23). The van der Waals surface area contributed by atoms with Crippen molar-refractivity contribution in [3.8, 4) is 0 Å². The van der Waals surface area contributed by atoms with E-state index in [2.05, 4.69) is 41.6 Å². The lowest BCUT2D eigenvalue weighted by Crippen LogP contribution is -2.33. The molecule has 0 aliphatic heterocycles. The van der Waals surface area contributed by atoms with Gasteiger partial charge in [0.15, 0.2) is 5.65 Å². The SMILES string of the molecule is Cc1ccc(CSCCNC(=O)Cn2nc3ccccn3c2=O)cc1. The average molecular weight is 356 g/mol. The van der Waals surface area contributed by atoms with Gasteiger partial charge in [0, 0.05) is 24.2 Å². The maximum atomic E-state index is 12.1. The van der Waals surface area contributed by atoms with E-state index in [0.29, 0.717) is 12.2 Å². The number of carbonyl (C=O) groups is 1. The van der Waals surface area contributed by atoms with Crippen LogP contribution >= 0.6 is 11.8 Å². The zero-order chi connectivity index (χ0) is 17.6. The van der Waals surface area contributed by atoms with Crippen LogP contribution in [0.15, 0.2) is 53.5 Å². The number of aromatic nitrogens is 3. The fourth-order valence-electron chi connectivity index (χ4n) is 2.40. The molecule has 3 rings (SSSR count). The minimum atomic E-state index is -0.306. The van der Waals surface area contributed by atoms with Gasteiger partial charge in [-0.15, -0.1) is 5.10 Å². The van der Waals surface area contributed by atoms with E-state index in [4.69, 9.17) is 0 Å². The molecule has 1 amide bonds. The van der Waals surface area contributed by atoms with Crippen molar-refractivity contribution in [1.82, 2.24) is 19.5 Å². The third-order valence-electron chi connectivity index (χ3n) is 3.74. The smallest absolute Gasteiger partial charge is 0.350 e. The molecule has 130 valence electrons. The molecule has 6 nitrogen and oxygen atoms in total. The number of pyridine rings is 1. The molecule has 7 heteroatoms. The maximum absolute atomic E-state index is 12.1. The molecular formula is C18H20N4O2S. The Morgan fingerprint density at radius 1 is 1.20 bits per heavy atom. The largest absolute Gasteiger partial charge is 0.354 e. The van der Waals surface area contributed by atoms with Crippen LogP contribution in [0.25, 0.3) is 5.65 Å². The molecule has 25 heavy (non-hydrogen) atoms. The molecule has 2 aromatic heterocycles. The maximum Gasteiger partial charge on any atom is 0.350 e. The predicted molar refractivity (Wildman–Crippen MR) is 99.8 cm³/mol. The first kappa shape index (κ1) is 17.3. The van der Waals surface area contributed by atoms with Crippen molar-refractivity contribution in [3.63, 3.8) is 0 Å². The van der Waals surface area contributed by atoms with E-state index < -0.39 is 0 Å². The number of hydrogen-bond acceptors (Lipinski definition) is 4. The number of amides is 1. The van der Waals surface area contributed by atoms with Crippen LogP contribution in [0, 0.1) is 6.92 Å². The summed E-state index contributed by atoms with van der Waals surface area (Å²) >= 11 is 1.76. The minimum Gasteiger partial charge on any atom is -0.354 e. The number of benzene rings is 1. The molecule has 0 saturated carbocycles. The van der Waals surface area contributed by atoms with Crippen molar-refractivity contribution in [2.24, 2.45) is 0 Å². The Morgan fingerprint density at radius 3 is 2.76 bits per heavy atom. The van der Waals surface area contributed by atoms with E-state index in [1.807, 2.05) is 0 Å². The van der Waals surface area contributed by atoms with Crippen LogP contribution in [0.5, 0.6) is 0 Å². The lowest BCUT2D eigenvalue weighted by atomic mass is 10.2. The zero-order valence-electron chi connectivity index (χ0n) is 14.0. The average Bonchev–Trinajstić information content (AvgIpc) is 2.92. The normalized spacial score (nSPS) is 10.9. The summed E-state index contributed by atoms with van der Waals surface area (Å²) in [7, 11) is 0. The Balaban J connectivity index is 1.42. The molecular weight excluding hydrogens is 336 g/mol. The van der Waals surface area contributed by atoms with Crippen LogP contribution in [0.2, 0.25) is 0 Å². The topological polar surface area (TPSA) is 68.4 Å². The number of rotatable bonds is 7. The molecule has 0 radical (unpaired) electrons. The number of thioether (sulfide) groups is 1. The van der Waals surface area contributed by atoms with E-state index in [-0.39, 0.29) is 18.1 Å². The number of nitrogens with zero attached hydrogens (tertiary/aromatic N) is 3. The van der Waals surface area contributed by atoms with E-state index in [1.165, 1.54) is 20.2 Å². The quantitative estimate of drug-likeness (QED) is 0.656. The van der Waals surface area contributed by atoms with Crippen LogP contribution in [0.4, 0.5) is 0 Å². The lowest BCUT2D eigenvalue weighted by Gasteiger charge is -2.05. The van der Waals surface area contributed by atoms with Crippen molar-refractivity contribution >= 4 is 23.3 Å². The predicted octanol–water partition coefficient (Wildman–Crippen LogP) is 1.85. The van der Waals surface area contributed by atoms with Gasteiger partial charge in [-0.25, -0.2) is 9.48 Å². The summed E-state index contributed by atoms with van der Waals surface area (Å²) in [5.74, 6) is 1.53. The van der Waals surface area contributed by atoms with E-state index in [0.717, 1.165) is 11.5 Å². The number of aryl methyl sites for hydroxylation is 1. The summed E-state index contributed by atoms with van der Waals surface area (Å²) in [5, 5.41) is 6.97. The Labute approximate surface area is 149 Å². The highest BCUT2D eigenvalue weighted by Crippen LogP contribution is 2.12. The highest BCUT2D eigenvalue weighted by atomic mass is 32.2. The van der Waals surface area contributed by atoms with Gasteiger partial charge in [-0.1, -0.05) is 35.9 Å². The number of nitrogens with one attached hydrogen (secondary N) is 1. The van der Waals surface area contributed by atoms with Crippen LogP contribution in [-0.4, -0.2) is 32.4 Å². The molecule has 0 spiro atoms. The molecule has 0 saturated heterocycles. The fraction of sp³-hybridized carbons (Fsp3) is 0.278. The first-order chi connectivity index (χ1) is 12.1. The Bertz CT molecular complexity index is 915. The summed E-state index contributed by atoms with van der Waals surface area (Å²) in [6.07, 6.45) is 1.64. The molecule has 3 aromatic rings. The van der Waals surface area contributed by atoms with Gasteiger partial charge in [0.1, 0.15) is 6.54 Å². The summed E-state index contributed by atoms with van der Waals surface area (Å²) in [4.78, 5) is 24.1. The lowest BCUT2D eigenvalue weighted by molar-refractivity contribution is -0.121. The van der Waals surface area contributed by atoms with Gasteiger partial charge in [-0.3, -0.25) is 9.20 Å². The second-order valence-corrected chi connectivity index (χ2v) is 6.86. The van der Waals surface area contributed by atoms with Crippen LogP contribution < -0.4 is 11.0 Å². The second-order valence-electron chi connectivity index (χ2n) is 5.76. The van der Waals surface area contributed by atoms with Gasteiger partial charge in [0.2, 0.25) is 5.91 Å². The van der Waals surface area contributed by atoms with Crippen molar-refractivity contribution in [1.29, 1.82) is 0 Å². The first-order valence-electron chi connectivity index (χ1n) is 8.08. The molecule has 1 aromatic carbocycles. The number of hydrogen-bond donors (Lipinski definition) is 1. The molecule has 1 N–H and O–H groups in total. The van der Waals surface area contributed by atoms with Crippen molar-refractivity contribution in [2.75, 3.05) is 12.3 Å². The molecule has 0 aliphatic carbocycles. The highest BCUT2D eigenvalue weighted by Gasteiger charge is 2.09. The third-order valence-corrected chi connectivity index (χ3v) is 4.77. The second kappa shape index (κ2) is 8.02. The third kappa shape index (κ3) is 4.51. The summed E-state index contributed by atoms with van der Waals surface area (Å²) in [5.41, 5.74) is 2.76. The molecule has 0 fully saturated rings. The first-order valence-corrected chi connectivity index (χ1v) is 9.23. The van der Waals surface area contributed by atoms with Gasteiger partial charge >= 0.3 is 5.69 Å². The fourth-order valence-corrected chi connectivity index (χ4v) is 3.22. The zero-order valence-corrected chi connectivity index (χ0v) is 14.8. The Morgan fingerprint density at radius 2 is 2.00 bits per heavy atom. The van der Waals surface area contributed by atoms with E-state index in [9.17, 15) is 9.59 Å². The molecule has 0 aliphatic rings. The van der Waals surface area contributed by atoms with E-state index in [1.54, 1.807) is 36.2 Å². The minimum absolute atomic E-state index is 0.0663. The molecule has 0 unspecified atom stereocenters. The molecule has 0 atom stereocenters. The van der Waals surface area contributed by atoms with Gasteiger partial charge in [-0.05, 0) is 24.6 Å². The van der Waals surface area contributed by atoms with Gasteiger partial charge in [0.05, 0.1) is 0 Å². The van der Waals surface area contributed by atoms with Crippen molar-refractivity contribution in [2.45, 2.75) is 19.2 Å². The molecule has 0 bridgehead atoms. The van der Waals surface area contributed by atoms with E-state index >= 15 is 0 Å². The molecule has 2 heterocycles. The monoisotopic (exact) mass is 356 g/mol. The summed E-state index contributed by atoms with van der Waals surface area (Å²) in [6, 6.07) is 13.7. The Hall–Kier alpha value is -2.54.